The van der Waals surface area contributed by atoms with E-state index in [1.807, 2.05) is 72.8 Å². The standard InChI is InChI=1S/C24H20N4OS/c30-24-27-22(19-8-4-5-13-26-19)23(28(24)16-17-11-14-25-15-12-17)21-10-9-20(29-21)18-6-2-1-3-7-18/h1-15,22-23H,16H2,(H,27,30)/t22-,23-/m1/s1. The molecule has 30 heavy (non-hydrogen) atoms. The Bertz CT molecular complexity index is 1130. The molecule has 0 aliphatic carbocycles. The molecule has 1 fully saturated rings. The third-order valence-electron chi connectivity index (χ3n) is 5.28. The molecule has 0 amide bonds. The summed E-state index contributed by atoms with van der Waals surface area (Å²) in [5.74, 6) is 1.69. The number of rotatable bonds is 5. The summed E-state index contributed by atoms with van der Waals surface area (Å²) in [6.07, 6.45) is 5.40. The largest absolute Gasteiger partial charge is 0.459 e. The fraction of sp³-hybridized carbons (Fsp3) is 0.125. The monoisotopic (exact) mass is 412 g/mol. The lowest BCUT2D eigenvalue weighted by molar-refractivity contribution is 0.269. The van der Waals surface area contributed by atoms with E-state index in [1.54, 1.807) is 18.6 Å². The van der Waals surface area contributed by atoms with Crippen LogP contribution in [0.25, 0.3) is 11.3 Å². The Labute approximate surface area is 180 Å². The van der Waals surface area contributed by atoms with Crippen molar-refractivity contribution in [3.8, 4) is 11.3 Å². The van der Waals surface area contributed by atoms with Gasteiger partial charge in [0.1, 0.15) is 17.6 Å². The Morgan fingerprint density at radius 3 is 2.47 bits per heavy atom. The van der Waals surface area contributed by atoms with Crippen molar-refractivity contribution >= 4 is 17.3 Å². The van der Waals surface area contributed by atoms with Gasteiger partial charge in [-0.3, -0.25) is 9.97 Å². The van der Waals surface area contributed by atoms with Crippen molar-refractivity contribution in [1.29, 1.82) is 0 Å². The molecule has 5 rings (SSSR count). The second-order valence-electron chi connectivity index (χ2n) is 7.18. The highest BCUT2D eigenvalue weighted by Crippen LogP contribution is 2.41. The predicted octanol–water partition coefficient (Wildman–Crippen LogP) is 4.91. The van der Waals surface area contributed by atoms with Gasteiger partial charge in [0, 0.05) is 30.7 Å². The van der Waals surface area contributed by atoms with Crippen molar-refractivity contribution in [3.05, 3.63) is 108 Å². The maximum atomic E-state index is 6.34. The summed E-state index contributed by atoms with van der Waals surface area (Å²) in [6.45, 7) is 0.656. The molecule has 1 N–H and O–H groups in total. The van der Waals surface area contributed by atoms with E-state index in [4.69, 9.17) is 16.6 Å². The number of aromatic nitrogens is 2. The van der Waals surface area contributed by atoms with Gasteiger partial charge in [-0.25, -0.2) is 0 Å². The predicted molar refractivity (Wildman–Crippen MR) is 119 cm³/mol. The molecule has 0 bridgehead atoms. The number of thiocarbonyl (C=S) groups is 1. The fourth-order valence-electron chi connectivity index (χ4n) is 3.84. The normalized spacial score (nSPS) is 18.4. The molecule has 1 aliphatic heterocycles. The summed E-state index contributed by atoms with van der Waals surface area (Å²) in [5.41, 5.74) is 3.11. The van der Waals surface area contributed by atoms with Gasteiger partial charge >= 0.3 is 0 Å². The first-order valence-corrected chi connectivity index (χ1v) is 10.2. The van der Waals surface area contributed by atoms with Crippen LogP contribution in [0.2, 0.25) is 0 Å². The van der Waals surface area contributed by atoms with Crippen LogP contribution >= 0.6 is 12.2 Å². The molecule has 0 unspecified atom stereocenters. The van der Waals surface area contributed by atoms with E-state index in [0.29, 0.717) is 11.7 Å². The molecule has 3 aromatic heterocycles. The highest BCUT2D eigenvalue weighted by molar-refractivity contribution is 7.80. The van der Waals surface area contributed by atoms with E-state index >= 15 is 0 Å². The Morgan fingerprint density at radius 1 is 0.900 bits per heavy atom. The minimum atomic E-state index is -0.113. The molecule has 0 radical (unpaired) electrons. The van der Waals surface area contributed by atoms with E-state index in [0.717, 1.165) is 28.3 Å². The van der Waals surface area contributed by atoms with Crippen LogP contribution in [-0.2, 0) is 6.54 Å². The van der Waals surface area contributed by atoms with Crippen molar-refractivity contribution in [3.63, 3.8) is 0 Å². The second kappa shape index (κ2) is 8.08. The fourth-order valence-corrected chi connectivity index (χ4v) is 4.14. The number of furan rings is 1. The first-order valence-electron chi connectivity index (χ1n) is 9.82. The Morgan fingerprint density at radius 2 is 1.70 bits per heavy atom. The molecule has 0 saturated carbocycles. The van der Waals surface area contributed by atoms with E-state index in [-0.39, 0.29) is 12.1 Å². The van der Waals surface area contributed by atoms with Gasteiger partial charge in [-0.2, -0.15) is 0 Å². The topological polar surface area (TPSA) is 54.2 Å². The summed E-state index contributed by atoms with van der Waals surface area (Å²) in [4.78, 5) is 10.9. The maximum absolute atomic E-state index is 6.34. The van der Waals surface area contributed by atoms with E-state index in [9.17, 15) is 0 Å². The quantitative estimate of drug-likeness (QED) is 0.470. The first-order chi connectivity index (χ1) is 14.8. The molecule has 0 spiro atoms. The average Bonchev–Trinajstić information content (AvgIpc) is 3.41. The molecule has 2 atom stereocenters. The van der Waals surface area contributed by atoms with Gasteiger partial charge < -0.3 is 14.6 Å². The van der Waals surface area contributed by atoms with Gasteiger partial charge in [0.2, 0.25) is 0 Å². The van der Waals surface area contributed by atoms with E-state index < -0.39 is 0 Å². The number of nitrogens with one attached hydrogen (secondary N) is 1. The molecule has 148 valence electrons. The zero-order valence-corrected chi connectivity index (χ0v) is 17.0. The Hall–Kier alpha value is -3.51. The summed E-state index contributed by atoms with van der Waals surface area (Å²) in [5, 5.41) is 4.14. The van der Waals surface area contributed by atoms with Gasteiger partial charge in [-0.15, -0.1) is 0 Å². The number of benzene rings is 1. The summed E-state index contributed by atoms with van der Waals surface area (Å²) < 4.78 is 6.34. The summed E-state index contributed by atoms with van der Waals surface area (Å²) in [6, 6.07) is 23.9. The van der Waals surface area contributed by atoms with Crippen LogP contribution in [0.1, 0.15) is 29.1 Å². The SMILES string of the molecule is S=C1N[C@H](c2ccccn2)[C@@H](c2ccc(-c3ccccc3)o2)N1Cc1ccncc1. The zero-order chi connectivity index (χ0) is 20.3. The molecule has 4 heterocycles. The number of nitrogens with zero attached hydrogens (tertiary/aromatic N) is 3. The van der Waals surface area contributed by atoms with Crippen molar-refractivity contribution in [1.82, 2.24) is 20.2 Å². The van der Waals surface area contributed by atoms with Crippen LogP contribution < -0.4 is 5.32 Å². The molecule has 1 aromatic carbocycles. The Balaban J connectivity index is 1.54. The summed E-state index contributed by atoms with van der Waals surface area (Å²) >= 11 is 5.72. The van der Waals surface area contributed by atoms with Gasteiger partial charge in [0.15, 0.2) is 5.11 Å². The smallest absolute Gasteiger partial charge is 0.170 e. The van der Waals surface area contributed by atoms with E-state index in [2.05, 4.69) is 20.2 Å². The molecular formula is C24H20N4OS. The number of hydrogen-bond acceptors (Lipinski definition) is 4. The third kappa shape index (κ3) is 3.57. The van der Waals surface area contributed by atoms with Crippen molar-refractivity contribution in [2.75, 3.05) is 0 Å². The molecular weight excluding hydrogens is 392 g/mol. The van der Waals surface area contributed by atoms with Crippen LogP contribution in [0.4, 0.5) is 0 Å². The molecule has 6 heteroatoms. The van der Waals surface area contributed by atoms with Gasteiger partial charge in [0.05, 0.1) is 11.7 Å². The van der Waals surface area contributed by atoms with Crippen molar-refractivity contribution in [2.24, 2.45) is 0 Å². The van der Waals surface area contributed by atoms with Crippen LogP contribution in [0, 0.1) is 0 Å². The van der Waals surface area contributed by atoms with E-state index in [1.165, 1.54) is 0 Å². The van der Waals surface area contributed by atoms with Crippen LogP contribution in [-0.4, -0.2) is 20.0 Å². The lowest BCUT2D eigenvalue weighted by Crippen LogP contribution is -2.29. The van der Waals surface area contributed by atoms with Crippen molar-refractivity contribution < 1.29 is 4.42 Å². The van der Waals surface area contributed by atoms with Crippen molar-refractivity contribution in [2.45, 2.75) is 18.6 Å². The highest BCUT2D eigenvalue weighted by atomic mass is 32.1. The average molecular weight is 413 g/mol. The maximum Gasteiger partial charge on any atom is 0.170 e. The highest BCUT2D eigenvalue weighted by Gasteiger charge is 2.41. The zero-order valence-electron chi connectivity index (χ0n) is 16.2. The first kappa shape index (κ1) is 18.5. The second-order valence-corrected chi connectivity index (χ2v) is 7.56. The minimum Gasteiger partial charge on any atom is -0.459 e. The van der Waals surface area contributed by atoms with Gasteiger partial charge in [0.25, 0.3) is 0 Å². The number of pyridine rings is 2. The van der Waals surface area contributed by atoms with Crippen LogP contribution in [0.15, 0.2) is 95.8 Å². The Kier molecular flexibility index (Phi) is 4.99. The third-order valence-corrected chi connectivity index (χ3v) is 5.63. The van der Waals surface area contributed by atoms with Gasteiger partial charge in [-0.05, 0) is 54.2 Å². The molecule has 4 aromatic rings. The summed E-state index contributed by atoms with van der Waals surface area (Å²) in [7, 11) is 0. The minimum absolute atomic E-state index is 0.102. The number of hydrogen-bond donors (Lipinski definition) is 1. The van der Waals surface area contributed by atoms with Gasteiger partial charge in [-0.1, -0.05) is 36.4 Å². The molecule has 5 nitrogen and oxygen atoms in total. The lowest BCUT2D eigenvalue weighted by atomic mass is 10.0. The molecule has 1 saturated heterocycles. The molecule has 1 aliphatic rings. The van der Waals surface area contributed by atoms with Crippen LogP contribution in [0.5, 0.6) is 0 Å². The lowest BCUT2D eigenvalue weighted by Gasteiger charge is -2.26. The van der Waals surface area contributed by atoms with Crippen LogP contribution in [0.3, 0.4) is 0 Å².